The van der Waals surface area contributed by atoms with Gasteiger partial charge in [0, 0.05) is 11.6 Å². The van der Waals surface area contributed by atoms with Gasteiger partial charge in [0.1, 0.15) is 5.60 Å². The first kappa shape index (κ1) is 20.0. The molecule has 0 saturated heterocycles. The number of hydrogen-bond donors (Lipinski definition) is 1. The molecule has 0 radical (unpaired) electrons. The van der Waals surface area contributed by atoms with E-state index in [1.165, 1.54) is 0 Å². The lowest BCUT2D eigenvalue weighted by atomic mass is 9.92. The maximum atomic E-state index is 11.2. The van der Waals surface area contributed by atoms with Crippen LogP contribution in [0.5, 0.6) is 0 Å². The Kier molecular flexibility index (Phi) is 7.05. The molecule has 25 heavy (non-hydrogen) atoms. The number of nitrogens with zero attached hydrogens (tertiary/aromatic N) is 3. The maximum Gasteiger partial charge on any atom is 0.128 e. The lowest BCUT2D eigenvalue weighted by Gasteiger charge is -2.25. The molecule has 1 atom stereocenters. The molecule has 2 rings (SSSR count). The van der Waals surface area contributed by atoms with Crippen molar-refractivity contribution in [1.29, 1.82) is 0 Å². The van der Waals surface area contributed by atoms with Crippen molar-refractivity contribution in [3.05, 3.63) is 52.3 Å². The summed E-state index contributed by atoms with van der Waals surface area (Å²) in [5, 5.41) is 16.7. The van der Waals surface area contributed by atoms with Gasteiger partial charge in [-0.25, -0.2) is 0 Å². The van der Waals surface area contributed by atoms with E-state index in [2.05, 4.69) is 32.0 Å². The number of hydrogen-bond acceptors (Lipinski definition) is 3. The van der Waals surface area contributed by atoms with Crippen LogP contribution in [0.1, 0.15) is 50.1 Å². The third-order valence-corrected chi connectivity index (χ3v) is 4.75. The molecule has 0 amide bonds. The van der Waals surface area contributed by atoms with Gasteiger partial charge in [0.15, 0.2) is 0 Å². The van der Waals surface area contributed by atoms with E-state index in [1.54, 1.807) is 0 Å². The molecule has 1 aromatic carbocycles. The summed E-state index contributed by atoms with van der Waals surface area (Å²) >= 11 is 5.99. The monoisotopic (exact) mass is 363 g/mol. The van der Waals surface area contributed by atoms with Crippen LogP contribution in [-0.2, 0) is 18.6 Å². The van der Waals surface area contributed by atoms with Crippen molar-refractivity contribution in [2.75, 3.05) is 20.6 Å². The highest BCUT2D eigenvalue weighted by molar-refractivity contribution is 6.30. The molecule has 0 fully saturated rings. The topological polar surface area (TPSA) is 41.3 Å². The number of benzene rings is 1. The highest BCUT2D eigenvalue weighted by atomic mass is 35.5. The molecule has 0 aliphatic rings. The molecule has 1 unspecified atom stereocenters. The largest absolute Gasteiger partial charge is 0.379 e. The Morgan fingerprint density at radius 3 is 2.48 bits per heavy atom. The predicted octanol–water partition coefficient (Wildman–Crippen LogP) is 4.09. The van der Waals surface area contributed by atoms with Gasteiger partial charge >= 0.3 is 0 Å². The predicted molar refractivity (Wildman–Crippen MR) is 104 cm³/mol. The summed E-state index contributed by atoms with van der Waals surface area (Å²) in [6.07, 6.45) is 4.11. The number of aromatic nitrogens is 2. The molecule has 0 spiro atoms. The van der Waals surface area contributed by atoms with Crippen LogP contribution in [-0.4, -0.2) is 40.4 Å². The van der Waals surface area contributed by atoms with E-state index in [0.29, 0.717) is 5.02 Å². The fraction of sp³-hybridized carbons (Fsp3) is 0.550. The molecule has 2 aromatic rings. The summed E-state index contributed by atoms with van der Waals surface area (Å²) in [4.78, 5) is 2.18. The Labute approximate surface area is 156 Å². The SMILES string of the molecule is CCCCn1nc(CCCN(C)C)cc1C(C)(O)c1ccc(Cl)cc1. The number of unbranched alkanes of at least 4 members (excludes halogenated alkanes) is 1. The van der Waals surface area contributed by atoms with E-state index in [1.807, 2.05) is 35.9 Å². The smallest absolute Gasteiger partial charge is 0.128 e. The zero-order valence-corrected chi connectivity index (χ0v) is 16.6. The lowest BCUT2D eigenvalue weighted by Crippen LogP contribution is -2.27. The van der Waals surface area contributed by atoms with Gasteiger partial charge in [0.2, 0.25) is 0 Å². The van der Waals surface area contributed by atoms with Crippen molar-refractivity contribution in [3.8, 4) is 0 Å². The summed E-state index contributed by atoms with van der Waals surface area (Å²) in [6.45, 7) is 5.85. The molecule has 0 saturated carbocycles. The number of aryl methyl sites for hydroxylation is 2. The summed E-state index contributed by atoms with van der Waals surface area (Å²) in [5.74, 6) is 0. The maximum absolute atomic E-state index is 11.2. The van der Waals surface area contributed by atoms with E-state index < -0.39 is 5.60 Å². The van der Waals surface area contributed by atoms with Crippen molar-refractivity contribution >= 4 is 11.6 Å². The molecule has 138 valence electrons. The van der Waals surface area contributed by atoms with E-state index in [4.69, 9.17) is 16.7 Å². The van der Waals surface area contributed by atoms with E-state index in [0.717, 1.165) is 55.7 Å². The quantitative estimate of drug-likeness (QED) is 0.729. The van der Waals surface area contributed by atoms with E-state index in [-0.39, 0.29) is 0 Å². The third-order valence-electron chi connectivity index (χ3n) is 4.50. The molecule has 4 nitrogen and oxygen atoms in total. The van der Waals surface area contributed by atoms with Gasteiger partial charge in [-0.1, -0.05) is 37.1 Å². The van der Waals surface area contributed by atoms with Gasteiger partial charge in [-0.05, 0) is 70.6 Å². The standard InChI is InChI=1S/C20H30ClN3O/c1-5-6-14-24-19(15-18(22-24)8-7-13-23(3)4)20(2,25)16-9-11-17(21)12-10-16/h9-12,15,25H,5-8,13-14H2,1-4H3. The highest BCUT2D eigenvalue weighted by Crippen LogP contribution is 2.31. The number of halogens is 1. The Hall–Kier alpha value is -1.36. The number of aliphatic hydroxyl groups is 1. The van der Waals surface area contributed by atoms with Crippen molar-refractivity contribution in [1.82, 2.24) is 14.7 Å². The Morgan fingerprint density at radius 1 is 1.20 bits per heavy atom. The molecule has 1 aromatic heterocycles. The minimum Gasteiger partial charge on any atom is -0.379 e. The van der Waals surface area contributed by atoms with E-state index in [9.17, 15) is 5.11 Å². The van der Waals surface area contributed by atoms with Crippen molar-refractivity contribution in [2.24, 2.45) is 0 Å². The third kappa shape index (κ3) is 5.30. The molecule has 0 aliphatic carbocycles. The van der Waals surface area contributed by atoms with Gasteiger partial charge in [-0.3, -0.25) is 4.68 Å². The van der Waals surface area contributed by atoms with Crippen LogP contribution in [0.3, 0.4) is 0 Å². The fourth-order valence-corrected chi connectivity index (χ4v) is 3.09. The van der Waals surface area contributed by atoms with Crippen LogP contribution in [0.15, 0.2) is 30.3 Å². The summed E-state index contributed by atoms with van der Waals surface area (Å²) in [7, 11) is 4.16. The molecule has 1 heterocycles. The Bertz CT molecular complexity index is 662. The molecule has 0 aliphatic heterocycles. The lowest BCUT2D eigenvalue weighted by molar-refractivity contribution is 0.0913. The van der Waals surface area contributed by atoms with Crippen molar-refractivity contribution < 1.29 is 5.11 Å². The van der Waals surface area contributed by atoms with Crippen molar-refractivity contribution in [3.63, 3.8) is 0 Å². The average molecular weight is 364 g/mol. The highest BCUT2D eigenvalue weighted by Gasteiger charge is 2.30. The first-order chi connectivity index (χ1) is 11.8. The summed E-state index contributed by atoms with van der Waals surface area (Å²) < 4.78 is 1.98. The fourth-order valence-electron chi connectivity index (χ4n) is 2.96. The molecular weight excluding hydrogens is 334 g/mol. The molecular formula is C20H30ClN3O. The van der Waals surface area contributed by atoms with Crippen LogP contribution in [0.2, 0.25) is 5.02 Å². The van der Waals surface area contributed by atoms with Gasteiger partial charge in [-0.15, -0.1) is 0 Å². The second kappa shape index (κ2) is 8.84. The summed E-state index contributed by atoms with van der Waals surface area (Å²) in [6, 6.07) is 9.45. The van der Waals surface area contributed by atoms with Crippen LogP contribution >= 0.6 is 11.6 Å². The van der Waals surface area contributed by atoms with Crippen molar-refractivity contribution in [2.45, 2.75) is 51.7 Å². The van der Waals surface area contributed by atoms with Crippen LogP contribution < -0.4 is 0 Å². The Morgan fingerprint density at radius 2 is 1.88 bits per heavy atom. The minimum atomic E-state index is -1.09. The number of rotatable bonds is 9. The van der Waals surface area contributed by atoms with Gasteiger partial charge in [0.05, 0.1) is 11.4 Å². The molecule has 0 bridgehead atoms. The molecule has 5 heteroatoms. The minimum absolute atomic E-state index is 0.670. The van der Waals surface area contributed by atoms with Crippen LogP contribution in [0, 0.1) is 0 Å². The van der Waals surface area contributed by atoms with Gasteiger partial charge in [-0.2, -0.15) is 5.10 Å². The summed E-state index contributed by atoms with van der Waals surface area (Å²) in [5.41, 5.74) is 1.63. The van der Waals surface area contributed by atoms with Gasteiger partial charge < -0.3 is 10.0 Å². The average Bonchev–Trinajstić information content (AvgIpc) is 2.97. The first-order valence-corrected chi connectivity index (χ1v) is 9.42. The van der Waals surface area contributed by atoms with Gasteiger partial charge in [0.25, 0.3) is 0 Å². The van der Waals surface area contributed by atoms with Crippen LogP contribution in [0.4, 0.5) is 0 Å². The first-order valence-electron chi connectivity index (χ1n) is 9.05. The molecule has 1 N–H and O–H groups in total. The zero-order valence-electron chi connectivity index (χ0n) is 15.8. The zero-order chi connectivity index (χ0) is 18.4. The Balaban J connectivity index is 2.29. The second-order valence-corrected chi connectivity index (χ2v) is 7.52. The normalized spacial score (nSPS) is 14.0. The van der Waals surface area contributed by atoms with Crippen LogP contribution in [0.25, 0.3) is 0 Å². The van der Waals surface area contributed by atoms with E-state index >= 15 is 0 Å². The second-order valence-electron chi connectivity index (χ2n) is 7.08.